The van der Waals surface area contributed by atoms with Crippen molar-refractivity contribution in [2.24, 2.45) is 0 Å². The highest BCUT2D eigenvalue weighted by Crippen LogP contribution is 2.28. The number of halogens is 1. The molecule has 0 atom stereocenters. The van der Waals surface area contributed by atoms with Crippen LogP contribution in [0.25, 0.3) is 0 Å². The molecular formula is C22H20ClN3O3S. The fourth-order valence-corrected chi connectivity index (χ4v) is 3.95. The smallest absolute Gasteiger partial charge is 0.266 e. The lowest BCUT2D eigenvalue weighted by Gasteiger charge is -2.11. The summed E-state index contributed by atoms with van der Waals surface area (Å²) in [6, 6.07) is 15.2. The molecule has 3 rings (SSSR count). The lowest BCUT2D eigenvalue weighted by molar-refractivity contribution is 0.0827. The summed E-state index contributed by atoms with van der Waals surface area (Å²) >= 11 is 7.24. The molecule has 0 bridgehead atoms. The van der Waals surface area contributed by atoms with Crippen molar-refractivity contribution in [3.05, 3.63) is 81.2 Å². The van der Waals surface area contributed by atoms with Crippen molar-refractivity contribution in [3.8, 4) is 0 Å². The van der Waals surface area contributed by atoms with Crippen LogP contribution in [0.4, 0.5) is 10.7 Å². The van der Waals surface area contributed by atoms with E-state index in [1.54, 1.807) is 75.6 Å². The highest BCUT2D eigenvalue weighted by atomic mass is 35.5. The molecular weight excluding hydrogens is 422 g/mol. The van der Waals surface area contributed by atoms with Gasteiger partial charge < -0.3 is 15.5 Å². The zero-order valence-corrected chi connectivity index (χ0v) is 18.2. The van der Waals surface area contributed by atoms with Crippen LogP contribution in [0.2, 0.25) is 5.02 Å². The Kier molecular flexibility index (Phi) is 6.54. The number of hydrogen-bond acceptors (Lipinski definition) is 4. The van der Waals surface area contributed by atoms with Gasteiger partial charge in [0.15, 0.2) is 0 Å². The van der Waals surface area contributed by atoms with Crippen LogP contribution in [0.5, 0.6) is 0 Å². The Morgan fingerprint density at radius 3 is 2.37 bits per heavy atom. The first-order valence-corrected chi connectivity index (χ1v) is 10.2. The Labute approximate surface area is 183 Å². The van der Waals surface area contributed by atoms with Crippen LogP contribution < -0.4 is 10.6 Å². The highest BCUT2D eigenvalue weighted by molar-refractivity contribution is 7.18. The number of amides is 3. The third-order valence-electron chi connectivity index (χ3n) is 4.25. The summed E-state index contributed by atoms with van der Waals surface area (Å²) < 4.78 is 0. The van der Waals surface area contributed by atoms with Gasteiger partial charge in [-0.25, -0.2) is 0 Å². The zero-order valence-electron chi connectivity index (χ0n) is 16.7. The monoisotopic (exact) mass is 441 g/mol. The van der Waals surface area contributed by atoms with Gasteiger partial charge in [-0.05, 0) is 48.9 Å². The number of nitrogens with one attached hydrogen (secondary N) is 2. The Hall–Kier alpha value is -3.16. The summed E-state index contributed by atoms with van der Waals surface area (Å²) in [4.78, 5) is 39.2. The van der Waals surface area contributed by atoms with Gasteiger partial charge in [-0.1, -0.05) is 29.8 Å². The quantitative estimate of drug-likeness (QED) is 0.590. The molecule has 2 N–H and O–H groups in total. The van der Waals surface area contributed by atoms with Crippen LogP contribution in [0.1, 0.15) is 36.0 Å². The predicted octanol–water partition coefficient (Wildman–Crippen LogP) is 4.92. The highest BCUT2D eigenvalue weighted by Gasteiger charge is 2.17. The van der Waals surface area contributed by atoms with Crippen molar-refractivity contribution < 1.29 is 14.4 Å². The molecule has 0 unspecified atom stereocenters. The minimum absolute atomic E-state index is 0.150. The molecule has 0 saturated carbocycles. The lowest BCUT2D eigenvalue weighted by Crippen LogP contribution is -2.21. The summed E-state index contributed by atoms with van der Waals surface area (Å²) in [7, 11) is 3.34. The normalized spacial score (nSPS) is 10.4. The topological polar surface area (TPSA) is 78.5 Å². The van der Waals surface area contributed by atoms with E-state index >= 15 is 0 Å². The number of carbonyl (C=O) groups excluding carboxylic acids is 3. The van der Waals surface area contributed by atoms with E-state index in [1.165, 1.54) is 16.2 Å². The summed E-state index contributed by atoms with van der Waals surface area (Å²) in [5.41, 5.74) is 2.08. The van der Waals surface area contributed by atoms with Gasteiger partial charge >= 0.3 is 0 Å². The fourth-order valence-electron chi connectivity index (χ4n) is 2.77. The Bertz CT molecular complexity index is 1120. The van der Waals surface area contributed by atoms with Gasteiger partial charge in [0.1, 0.15) is 0 Å². The molecule has 1 aromatic heterocycles. The third-order valence-corrected chi connectivity index (χ3v) is 5.73. The second-order valence-corrected chi connectivity index (χ2v) is 8.25. The van der Waals surface area contributed by atoms with Crippen LogP contribution in [0.15, 0.2) is 54.6 Å². The molecule has 3 amide bonds. The van der Waals surface area contributed by atoms with Crippen molar-refractivity contribution in [2.45, 2.75) is 6.92 Å². The fraction of sp³-hybridized carbons (Fsp3) is 0.136. The van der Waals surface area contributed by atoms with Crippen molar-refractivity contribution in [1.82, 2.24) is 4.90 Å². The minimum Gasteiger partial charge on any atom is -0.345 e. The summed E-state index contributed by atoms with van der Waals surface area (Å²) in [5, 5.41) is 6.48. The molecule has 0 fully saturated rings. The molecule has 0 spiro atoms. The average molecular weight is 442 g/mol. The number of benzene rings is 2. The number of hydrogen-bond donors (Lipinski definition) is 2. The summed E-state index contributed by atoms with van der Waals surface area (Å²) in [5.74, 6) is -0.808. The average Bonchev–Trinajstić information content (AvgIpc) is 3.07. The molecule has 3 aromatic rings. The third kappa shape index (κ3) is 4.87. The molecule has 0 aliphatic heterocycles. The Balaban J connectivity index is 1.74. The number of anilines is 2. The lowest BCUT2D eigenvalue weighted by atomic mass is 10.1. The van der Waals surface area contributed by atoms with E-state index in [4.69, 9.17) is 11.6 Å². The predicted molar refractivity (Wildman–Crippen MR) is 121 cm³/mol. The molecule has 0 radical (unpaired) electrons. The van der Waals surface area contributed by atoms with Gasteiger partial charge in [-0.15, -0.1) is 11.3 Å². The molecule has 8 heteroatoms. The summed E-state index contributed by atoms with van der Waals surface area (Å²) in [6.07, 6.45) is 0. The standard InChI is InChI=1S/C22H20ClN3O3S/c1-13-11-18(25-20(27)16-9-4-5-10-17(16)23)30-19(13)21(28)24-15-8-6-7-14(12-15)22(29)26(2)3/h4-12H,1-3H3,(H,24,28)(H,25,27). The Morgan fingerprint density at radius 2 is 1.67 bits per heavy atom. The van der Waals surface area contributed by atoms with Gasteiger partial charge in [-0.2, -0.15) is 0 Å². The minimum atomic E-state index is -0.344. The molecule has 0 aliphatic rings. The van der Waals surface area contributed by atoms with Crippen molar-refractivity contribution >= 4 is 51.3 Å². The maximum atomic E-state index is 12.7. The second kappa shape index (κ2) is 9.11. The largest absolute Gasteiger partial charge is 0.345 e. The van der Waals surface area contributed by atoms with Gasteiger partial charge in [0.2, 0.25) is 0 Å². The van der Waals surface area contributed by atoms with Crippen LogP contribution in [0.3, 0.4) is 0 Å². The van der Waals surface area contributed by atoms with Gasteiger partial charge in [0, 0.05) is 25.3 Å². The molecule has 0 aliphatic carbocycles. The van der Waals surface area contributed by atoms with Crippen LogP contribution in [-0.4, -0.2) is 36.7 Å². The van der Waals surface area contributed by atoms with E-state index in [1.807, 2.05) is 0 Å². The van der Waals surface area contributed by atoms with E-state index in [9.17, 15) is 14.4 Å². The SMILES string of the molecule is Cc1cc(NC(=O)c2ccccc2Cl)sc1C(=O)Nc1cccc(C(=O)N(C)C)c1. The number of rotatable bonds is 5. The van der Waals surface area contributed by atoms with Gasteiger partial charge in [0.25, 0.3) is 17.7 Å². The number of nitrogens with zero attached hydrogens (tertiary/aromatic N) is 1. The first-order valence-electron chi connectivity index (χ1n) is 9.05. The van der Waals surface area contributed by atoms with E-state index in [2.05, 4.69) is 10.6 Å². The molecule has 0 saturated heterocycles. The maximum Gasteiger partial charge on any atom is 0.266 e. The molecule has 154 valence electrons. The number of carbonyl (C=O) groups is 3. The first kappa shape index (κ1) is 21.5. The van der Waals surface area contributed by atoms with E-state index < -0.39 is 0 Å². The number of aryl methyl sites for hydroxylation is 1. The zero-order chi connectivity index (χ0) is 21.8. The maximum absolute atomic E-state index is 12.7. The van der Waals surface area contributed by atoms with Crippen molar-refractivity contribution in [1.29, 1.82) is 0 Å². The van der Waals surface area contributed by atoms with E-state index in [0.29, 0.717) is 31.7 Å². The van der Waals surface area contributed by atoms with Crippen LogP contribution in [-0.2, 0) is 0 Å². The summed E-state index contributed by atoms with van der Waals surface area (Å²) in [6.45, 7) is 1.79. The van der Waals surface area contributed by atoms with Crippen molar-refractivity contribution in [2.75, 3.05) is 24.7 Å². The van der Waals surface area contributed by atoms with Crippen LogP contribution in [0, 0.1) is 6.92 Å². The van der Waals surface area contributed by atoms with Gasteiger partial charge in [0.05, 0.1) is 20.5 Å². The van der Waals surface area contributed by atoms with E-state index in [-0.39, 0.29) is 17.7 Å². The van der Waals surface area contributed by atoms with Crippen LogP contribution >= 0.6 is 22.9 Å². The molecule has 2 aromatic carbocycles. The molecule has 1 heterocycles. The number of thiophene rings is 1. The van der Waals surface area contributed by atoms with Gasteiger partial charge in [-0.3, -0.25) is 14.4 Å². The first-order chi connectivity index (χ1) is 14.3. The van der Waals surface area contributed by atoms with E-state index in [0.717, 1.165) is 5.56 Å². The molecule has 6 nitrogen and oxygen atoms in total. The Morgan fingerprint density at radius 1 is 0.933 bits per heavy atom. The van der Waals surface area contributed by atoms with Crippen molar-refractivity contribution in [3.63, 3.8) is 0 Å². The molecule has 30 heavy (non-hydrogen) atoms. The second-order valence-electron chi connectivity index (χ2n) is 6.79.